The lowest BCUT2D eigenvalue weighted by molar-refractivity contribution is -0.115. The van der Waals surface area contributed by atoms with E-state index in [0.717, 1.165) is 32.1 Å². The SMILES string of the molecule is CC(N)=O.CCCC(CC)C(NC(=O)NC1CCCCC1)c1cccc(C)c1. The van der Waals surface area contributed by atoms with Gasteiger partial charge in [0.25, 0.3) is 0 Å². The van der Waals surface area contributed by atoms with Crippen LogP contribution in [0.4, 0.5) is 4.79 Å². The normalized spacial score (nSPS) is 16.3. The second-order valence-corrected chi connectivity index (χ2v) is 7.91. The van der Waals surface area contributed by atoms with Gasteiger partial charge in [-0.2, -0.15) is 0 Å². The second-order valence-electron chi connectivity index (χ2n) is 7.91. The summed E-state index contributed by atoms with van der Waals surface area (Å²) in [6, 6.07) is 9.02. The molecule has 158 valence electrons. The maximum atomic E-state index is 12.6. The summed E-state index contributed by atoms with van der Waals surface area (Å²) in [6.07, 6.45) is 9.38. The predicted molar refractivity (Wildman–Crippen MR) is 116 cm³/mol. The zero-order valence-corrected chi connectivity index (χ0v) is 18.1. The highest BCUT2D eigenvalue weighted by Crippen LogP contribution is 2.29. The van der Waals surface area contributed by atoms with Crippen molar-refractivity contribution in [2.75, 3.05) is 0 Å². The molecule has 2 atom stereocenters. The topological polar surface area (TPSA) is 84.2 Å². The Labute approximate surface area is 170 Å². The molecule has 5 nitrogen and oxygen atoms in total. The van der Waals surface area contributed by atoms with E-state index >= 15 is 0 Å². The van der Waals surface area contributed by atoms with E-state index in [4.69, 9.17) is 0 Å². The number of urea groups is 1. The summed E-state index contributed by atoms with van der Waals surface area (Å²) in [4.78, 5) is 21.8. The number of carbonyl (C=O) groups is 2. The Balaban J connectivity index is 0.000000892. The molecule has 4 N–H and O–H groups in total. The quantitative estimate of drug-likeness (QED) is 0.614. The van der Waals surface area contributed by atoms with Gasteiger partial charge in [0.1, 0.15) is 0 Å². The molecule has 2 unspecified atom stereocenters. The first-order chi connectivity index (χ1) is 13.4. The Bertz CT molecular complexity index is 593. The molecule has 0 aromatic heterocycles. The number of benzene rings is 1. The van der Waals surface area contributed by atoms with Gasteiger partial charge in [0, 0.05) is 13.0 Å². The highest BCUT2D eigenvalue weighted by molar-refractivity contribution is 5.74. The summed E-state index contributed by atoms with van der Waals surface area (Å²) in [6.45, 7) is 7.87. The average Bonchev–Trinajstić information content (AvgIpc) is 2.65. The Morgan fingerprint density at radius 3 is 2.36 bits per heavy atom. The lowest BCUT2D eigenvalue weighted by Gasteiger charge is -2.30. The number of hydrogen-bond acceptors (Lipinski definition) is 2. The van der Waals surface area contributed by atoms with E-state index in [1.807, 2.05) is 0 Å². The molecule has 0 radical (unpaired) electrons. The molecule has 28 heavy (non-hydrogen) atoms. The molecule has 3 amide bonds. The van der Waals surface area contributed by atoms with Crippen molar-refractivity contribution in [1.29, 1.82) is 0 Å². The third-order valence-electron chi connectivity index (χ3n) is 5.28. The maximum absolute atomic E-state index is 12.6. The third-order valence-corrected chi connectivity index (χ3v) is 5.28. The van der Waals surface area contributed by atoms with Crippen LogP contribution >= 0.6 is 0 Å². The lowest BCUT2D eigenvalue weighted by Crippen LogP contribution is -2.45. The van der Waals surface area contributed by atoms with E-state index in [0.29, 0.717) is 12.0 Å². The molecule has 1 aliphatic carbocycles. The number of carbonyl (C=O) groups excluding carboxylic acids is 2. The molecule has 0 spiro atoms. The maximum Gasteiger partial charge on any atom is 0.315 e. The Hall–Kier alpha value is -2.04. The van der Waals surface area contributed by atoms with Crippen LogP contribution in [-0.2, 0) is 4.79 Å². The first kappa shape index (κ1) is 24.0. The van der Waals surface area contributed by atoms with Crippen molar-refractivity contribution in [2.24, 2.45) is 11.7 Å². The molecular weight excluding hydrogens is 350 g/mol. The molecule has 1 fully saturated rings. The Morgan fingerprint density at radius 2 is 1.82 bits per heavy atom. The summed E-state index contributed by atoms with van der Waals surface area (Å²) >= 11 is 0. The van der Waals surface area contributed by atoms with E-state index < -0.39 is 0 Å². The van der Waals surface area contributed by atoms with Crippen LogP contribution in [0.15, 0.2) is 24.3 Å². The smallest absolute Gasteiger partial charge is 0.315 e. The third kappa shape index (κ3) is 9.25. The van der Waals surface area contributed by atoms with E-state index in [9.17, 15) is 9.59 Å². The number of hydrogen-bond donors (Lipinski definition) is 3. The summed E-state index contributed by atoms with van der Waals surface area (Å²) in [5.74, 6) is 0.147. The molecule has 2 rings (SSSR count). The highest BCUT2D eigenvalue weighted by Gasteiger charge is 2.24. The first-order valence-corrected chi connectivity index (χ1v) is 10.8. The molecule has 5 heteroatoms. The molecule has 0 aliphatic heterocycles. The lowest BCUT2D eigenvalue weighted by atomic mass is 9.87. The molecule has 1 aromatic carbocycles. The molecule has 0 bridgehead atoms. The monoisotopic (exact) mass is 389 g/mol. The van der Waals surface area contributed by atoms with Crippen molar-refractivity contribution >= 4 is 11.9 Å². The highest BCUT2D eigenvalue weighted by atomic mass is 16.2. The van der Waals surface area contributed by atoms with Crippen LogP contribution in [0.1, 0.15) is 89.3 Å². The summed E-state index contributed by atoms with van der Waals surface area (Å²) in [5, 5.41) is 6.50. The molecule has 0 saturated heterocycles. The van der Waals surface area contributed by atoms with Gasteiger partial charge in [0.05, 0.1) is 6.04 Å². The number of aryl methyl sites for hydroxylation is 1. The van der Waals surface area contributed by atoms with Crippen LogP contribution in [0.2, 0.25) is 0 Å². The fraction of sp³-hybridized carbons (Fsp3) is 0.652. The van der Waals surface area contributed by atoms with Crippen LogP contribution in [0.25, 0.3) is 0 Å². The van der Waals surface area contributed by atoms with Gasteiger partial charge >= 0.3 is 6.03 Å². The van der Waals surface area contributed by atoms with Gasteiger partial charge in [-0.25, -0.2) is 4.79 Å². The summed E-state index contributed by atoms with van der Waals surface area (Å²) in [7, 11) is 0. The van der Waals surface area contributed by atoms with Gasteiger partial charge < -0.3 is 16.4 Å². The number of rotatable bonds is 7. The Kier molecular flexibility index (Phi) is 11.3. The van der Waals surface area contributed by atoms with Crippen LogP contribution in [0, 0.1) is 12.8 Å². The Morgan fingerprint density at radius 1 is 1.18 bits per heavy atom. The van der Waals surface area contributed by atoms with E-state index in [1.165, 1.54) is 37.3 Å². The van der Waals surface area contributed by atoms with E-state index in [-0.39, 0.29) is 18.0 Å². The van der Waals surface area contributed by atoms with Crippen molar-refractivity contribution in [2.45, 2.75) is 91.1 Å². The molecule has 1 aliphatic rings. The number of nitrogens with two attached hydrogens (primary N) is 1. The fourth-order valence-electron chi connectivity index (χ4n) is 3.93. The van der Waals surface area contributed by atoms with Crippen LogP contribution < -0.4 is 16.4 Å². The molecule has 1 aromatic rings. The first-order valence-electron chi connectivity index (χ1n) is 10.8. The van der Waals surface area contributed by atoms with Gasteiger partial charge in [0.15, 0.2) is 0 Å². The predicted octanol–water partition coefficient (Wildman–Crippen LogP) is 4.99. The zero-order chi connectivity index (χ0) is 20.9. The molecular formula is C23H39N3O2. The minimum atomic E-state index is -0.333. The van der Waals surface area contributed by atoms with Crippen molar-refractivity contribution in [1.82, 2.24) is 10.6 Å². The van der Waals surface area contributed by atoms with Crippen molar-refractivity contribution in [3.63, 3.8) is 0 Å². The van der Waals surface area contributed by atoms with Crippen LogP contribution in [0.3, 0.4) is 0 Å². The fourth-order valence-corrected chi connectivity index (χ4v) is 3.93. The molecule has 1 saturated carbocycles. The number of amides is 3. The van der Waals surface area contributed by atoms with Gasteiger partial charge in [-0.05, 0) is 37.7 Å². The van der Waals surface area contributed by atoms with E-state index in [2.05, 4.69) is 61.4 Å². The summed E-state index contributed by atoms with van der Waals surface area (Å²) in [5.41, 5.74) is 6.95. The van der Waals surface area contributed by atoms with Gasteiger partial charge in [-0.3, -0.25) is 4.79 Å². The molecule has 0 heterocycles. The number of primary amides is 1. The summed E-state index contributed by atoms with van der Waals surface area (Å²) < 4.78 is 0. The minimum Gasteiger partial charge on any atom is -0.370 e. The zero-order valence-electron chi connectivity index (χ0n) is 18.1. The van der Waals surface area contributed by atoms with Crippen molar-refractivity contribution in [3.8, 4) is 0 Å². The average molecular weight is 390 g/mol. The number of nitrogens with one attached hydrogen (secondary N) is 2. The standard InChI is InChI=1S/C21H34N2O.C2H5NO/c1-4-10-17(5-2)20(18-12-9-11-16(3)15-18)23-21(24)22-19-13-7-6-8-14-19;1-2(3)4/h9,11-12,15,17,19-20H,4-8,10,13-14H2,1-3H3,(H2,22,23,24);1H3,(H2,3,4). The largest absolute Gasteiger partial charge is 0.370 e. The second kappa shape index (κ2) is 13.2. The van der Waals surface area contributed by atoms with Gasteiger partial charge in [-0.15, -0.1) is 0 Å². The minimum absolute atomic E-state index is 0.00274. The van der Waals surface area contributed by atoms with Crippen LogP contribution in [-0.4, -0.2) is 18.0 Å². The van der Waals surface area contributed by atoms with Gasteiger partial charge in [-0.1, -0.05) is 75.8 Å². The van der Waals surface area contributed by atoms with Crippen LogP contribution in [0.5, 0.6) is 0 Å². The van der Waals surface area contributed by atoms with Crippen molar-refractivity contribution in [3.05, 3.63) is 35.4 Å². The van der Waals surface area contributed by atoms with E-state index in [1.54, 1.807) is 0 Å². The van der Waals surface area contributed by atoms with Crippen molar-refractivity contribution < 1.29 is 9.59 Å². The van der Waals surface area contributed by atoms with Gasteiger partial charge in [0.2, 0.25) is 5.91 Å².